The van der Waals surface area contributed by atoms with Crippen LogP contribution in [0.1, 0.15) is 27.9 Å². The van der Waals surface area contributed by atoms with E-state index >= 15 is 0 Å². The molecule has 0 radical (unpaired) electrons. The van der Waals surface area contributed by atoms with E-state index in [9.17, 15) is 14.4 Å². The molecular formula is C16H19NO4. The molecule has 1 aromatic rings. The monoisotopic (exact) mass is 289 g/mol. The van der Waals surface area contributed by atoms with E-state index in [1.54, 1.807) is 6.07 Å². The number of rotatable bonds is 2. The Bertz CT molecular complexity index is 594. The molecule has 5 heteroatoms. The van der Waals surface area contributed by atoms with Crippen LogP contribution in [0.2, 0.25) is 0 Å². The molecule has 1 unspecified atom stereocenters. The van der Waals surface area contributed by atoms with E-state index in [0.29, 0.717) is 18.5 Å². The van der Waals surface area contributed by atoms with Crippen molar-refractivity contribution in [2.24, 2.45) is 5.92 Å². The first-order chi connectivity index (χ1) is 9.93. The number of nitrogens with zero attached hydrogens (tertiary/aromatic N) is 1. The Morgan fingerprint density at radius 1 is 1.24 bits per heavy atom. The standard InChI is InChI=1S/C16H19NO4/c1-10-4-5-12(8-11(10)2)15(19)17-7-6-13(14(18)9-17)16(20)21-3/h4-5,8,13H,6-7,9H2,1-3H3. The van der Waals surface area contributed by atoms with Crippen LogP contribution in [0.15, 0.2) is 18.2 Å². The van der Waals surface area contributed by atoms with E-state index in [1.165, 1.54) is 12.0 Å². The van der Waals surface area contributed by atoms with Crippen molar-refractivity contribution in [3.63, 3.8) is 0 Å². The van der Waals surface area contributed by atoms with Crippen molar-refractivity contribution in [2.45, 2.75) is 20.3 Å². The number of ether oxygens (including phenoxy) is 1. The third-order valence-electron chi connectivity index (χ3n) is 3.95. The number of amides is 1. The van der Waals surface area contributed by atoms with Gasteiger partial charge in [-0.15, -0.1) is 0 Å². The Labute approximate surface area is 123 Å². The summed E-state index contributed by atoms with van der Waals surface area (Å²) >= 11 is 0. The van der Waals surface area contributed by atoms with Gasteiger partial charge >= 0.3 is 5.97 Å². The van der Waals surface area contributed by atoms with Gasteiger partial charge in [-0.25, -0.2) is 0 Å². The van der Waals surface area contributed by atoms with Crippen LogP contribution in [0.3, 0.4) is 0 Å². The van der Waals surface area contributed by atoms with Gasteiger partial charge in [0.25, 0.3) is 5.91 Å². The largest absolute Gasteiger partial charge is 0.468 e. The van der Waals surface area contributed by atoms with Crippen LogP contribution in [0.5, 0.6) is 0 Å². The molecule has 0 bridgehead atoms. The van der Waals surface area contributed by atoms with Gasteiger partial charge in [-0.2, -0.15) is 0 Å². The summed E-state index contributed by atoms with van der Waals surface area (Å²) < 4.78 is 4.61. The highest BCUT2D eigenvalue weighted by Crippen LogP contribution is 2.19. The van der Waals surface area contributed by atoms with Crippen LogP contribution < -0.4 is 0 Å². The number of piperidine rings is 1. The highest BCUT2D eigenvalue weighted by Gasteiger charge is 2.35. The molecule has 1 aliphatic rings. The average molecular weight is 289 g/mol. The van der Waals surface area contributed by atoms with Gasteiger partial charge in [0.05, 0.1) is 13.7 Å². The Kier molecular flexibility index (Phi) is 4.40. The number of Topliss-reactive ketones (excluding diaryl/α,β-unsaturated/α-hetero) is 1. The quantitative estimate of drug-likeness (QED) is 0.611. The molecule has 21 heavy (non-hydrogen) atoms. The van der Waals surface area contributed by atoms with Crippen molar-refractivity contribution >= 4 is 17.7 Å². The summed E-state index contributed by atoms with van der Waals surface area (Å²) in [5, 5.41) is 0. The number of likely N-dealkylation sites (tertiary alicyclic amines) is 1. The summed E-state index contributed by atoms with van der Waals surface area (Å²) in [6.45, 7) is 4.28. The molecule has 112 valence electrons. The SMILES string of the molecule is COC(=O)C1CCN(C(=O)c2ccc(C)c(C)c2)CC1=O. The van der Waals surface area contributed by atoms with Crippen molar-refractivity contribution < 1.29 is 19.1 Å². The maximum Gasteiger partial charge on any atom is 0.316 e. The lowest BCUT2D eigenvalue weighted by Crippen LogP contribution is -2.46. The number of carbonyl (C=O) groups is 3. The fourth-order valence-electron chi connectivity index (χ4n) is 2.45. The smallest absolute Gasteiger partial charge is 0.316 e. The van der Waals surface area contributed by atoms with Gasteiger partial charge in [-0.3, -0.25) is 14.4 Å². The van der Waals surface area contributed by atoms with E-state index in [4.69, 9.17) is 0 Å². The third-order valence-corrected chi connectivity index (χ3v) is 3.95. The zero-order chi connectivity index (χ0) is 15.6. The van der Waals surface area contributed by atoms with Crippen molar-refractivity contribution in [1.82, 2.24) is 4.90 Å². The molecule has 2 rings (SSSR count). The maximum absolute atomic E-state index is 12.4. The predicted octanol–water partition coefficient (Wildman–Crippen LogP) is 1.51. The van der Waals surface area contributed by atoms with Crippen LogP contribution >= 0.6 is 0 Å². The van der Waals surface area contributed by atoms with Crippen LogP contribution in [-0.4, -0.2) is 42.8 Å². The van der Waals surface area contributed by atoms with Gasteiger partial charge in [0.1, 0.15) is 5.92 Å². The molecule has 1 fully saturated rings. The Morgan fingerprint density at radius 2 is 1.95 bits per heavy atom. The first kappa shape index (κ1) is 15.2. The van der Waals surface area contributed by atoms with E-state index in [-0.39, 0.29) is 18.2 Å². The van der Waals surface area contributed by atoms with Crippen LogP contribution in [0.4, 0.5) is 0 Å². The molecule has 1 heterocycles. The average Bonchev–Trinajstić information content (AvgIpc) is 2.48. The molecule has 1 atom stereocenters. The molecule has 0 spiro atoms. The van der Waals surface area contributed by atoms with Crippen molar-refractivity contribution in [1.29, 1.82) is 0 Å². The number of methoxy groups -OCH3 is 1. The summed E-state index contributed by atoms with van der Waals surface area (Å²) in [5.41, 5.74) is 2.73. The topological polar surface area (TPSA) is 63.7 Å². The molecule has 5 nitrogen and oxygen atoms in total. The number of benzene rings is 1. The van der Waals surface area contributed by atoms with Crippen molar-refractivity contribution in [2.75, 3.05) is 20.2 Å². The second-order valence-corrected chi connectivity index (χ2v) is 5.36. The summed E-state index contributed by atoms with van der Waals surface area (Å²) in [5.74, 6) is -1.68. The van der Waals surface area contributed by atoms with E-state index in [2.05, 4.69) is 4.74 Å². The lowest BCUT2D eigenvalue weighted by Gasteiger charge is -2.29. The van der Waals surface area contributed by atoms with Gasteiger partial charge in [0.15, 0.2) is 5.78 Å². The normalized spacial score (nSPS) is 18.5. The van der Waals surface area contributed by atoms with Crippen molar-refractivity contribution in [3.8, 4) is 0 Å². The Balaban J connectivity index is 2.10. The second kappa shape index (κ2) is 6.08. The zero-order valence-electron chi connectivity index (χ0n) is 12.5. The molecular weight excluding hydrogens is 270 g/mol. The lowest BCUT2D eigenvalue weighted by atomic mass is 9.95. The highest BCUT2D eigenvalue weighted by molar-refractivity contribution is 6.04. The minimum Gasteiger partial charge on any atom is -0.468 e. The number of carbonyl (C=O) groups excluding carboxylic acids is 3. The van der Waals surface area contributed by atoms with E-state index < -0.39 is 11.9 Å². The van der Waals surface area contributed by atoms with Gasteiger partial charge in [-0.1, -0.05) is 6.07 Å². The molecule has 1 amide bonds. The number of ketones is 1. The minimum atomic E-state index is -0.737. The maximum atomic E-state index is 12.4. The molecule has 0 N–H and O–H groups in total. The van der Waals surface area contributed by atoms with Crippen molar-refractivity contribution in [3.05, 3.63) is 34.9 Å². The Morgan fingerprint density at radius 3 is 2.52 bits per heavy atom. The summed E-state index contributed by atoms with van der Waals surface area (Å²) in [6.07, 6.45) is 0.322. The number of aryl methyl sites for hydroxylation is 2. The van der Waals surface area contributed by atoms with Gasteiger partial charge in [0, 0.05) is 12.1 Å². The molecule has 0 aromatic heterocycles. The van der Waals surface area contributed by atoms with E-state index in [1.807, 2.05) is 26.0 Å². The molecule has 0 saturated carbocycles. The number of hydrogen-bond donors (Lipinski definition) is 0. The van der Waals surface area contributed by atoms with Crippen LogP contribution in [-0.2, 0) is 14.3 Å². The number of hydrogen-bond acceptors (Lipinski definition) is 4. The summed E-state index contributed by atoms with van der Waals surface area (Å²) in [7, 11) is 1.27. The van der Waals surface area contributed by atoms with E-state index in [0.717, 1.165) is 11.1 Å². The first-order valence-corrected chi connectivity index (χ1v) is 6.91. The minimum absolute atomic E-state index is 0.0362. The number of esters is 1. The molecule has 1 aromatic carbocycles. The van der Waals surface area contributed by atoms with Gasteiger partial charge in [0.2, 0.25) is 0 Å². The fraction of sp³-hybridized carbons (Fsp3) is 0.438. The second-order valence-electron chi connectivity index (χ2n) is 5.36. The molecule has 1 aliphatic heterocycles. The molecule has 1 saturated heterocycles. The highest BCUT2D eigenvalue weighted by atomic mass is 16.5. The van der Waals surface area contributed by atoms with Crippen LogP contribution in [0.25, 0.3) is 0 Å². The predicted molar refractivity (Wildman–Crippen MR) is 76.9 cm³/mol. The first-order valence-electron chi connectivity index (χ1n) is 6.91. The molecule has 0 aliphatic carbocycles. The zero-order valence-corrected chi connectivity index (χ0v) is 12.5. The Hall–Kier alpha value is -2.17. The third kappa shape index (κ3) is 3.12. The van der Waals surface area contributed by atoms with Crippen LogP contribution in [0, 0.1) is 19.8 Å². The lowest BCUT2D eigenvalue weighted by molar-refractivity contribution is -0.151. The summed E-state index contributed by atoms with van der Waals surface area (Å²) in [4.78, 5) is 37.3. The summed E-state index contributed by atoms with van der Waals surface area (Å²) in [6, 6.07) is 5.49. The fourth-order valence-corrected chi connectivity index (χ4v) is 2.45. The van der Waals surface area contributed by atoms with Gasteiger partial charge in [-0.05, 0) is 43.5 Å². The van der Waals surface area contributed by atoms with Gasteiger partial charge < -0.3 is 9.64 Å².